The minimum absolute atomic E-state index is 0.0355. The first kappa shape index (κ1) is 17.6. The van der Waals surface area contributed by atoms with Gasteiger partial charge in [0.25, 0.3) is 0 Å². The molecule has 0 spiro atoms. The van der Waals surface area contributed by atoms with Crippen LogP contribution in [-0.4, -0.2) is 34.8 Å². The van der Waals surface area contributed by atoms with Gasteiger partial charge in [0, 0.05) is 37.9 Å². The quantitative estimate of drug-likeness (QED) is 0.864. The largest absolute Gasteiger partial charge is 0.355 e. The lowest BCUT2D eigenvalue weighted by atomic mass is 10.1. The van der Waals surface area contributed by atoms with E-state index in [1.807, 2.05) is 43.5 Å². The fraction of sp³-hybridized carbons (Fsp3) is 0.421. The molecule has 5 nitrogen and oxygen atoms in total. The summed E-state index contributed by atoms with van der Waals surface area (Å²) in [5.74, 6) is -0.238. The van der Waals surface area contributed by atoms with E-state index in [0.717, 1.165) is 22.7 Å². The van der Waals surface area contributed by atoms with Crippen LogP contribution < -0.4 is 5.32 Å². The van der Waals surface area contributed by atoms with E-state index in [9.17, 15) is 9.59 Å². The number of nitrogens with zero attached hydrogens (tertiary/aromatic N) is 2. The molecule has 1 N–H and O–H groups in total. The van der Waals surface area contributed by atoms with Crippen molar-refractivity contribution in [2.75, 3.05) is 13.1 Å². The minimum Gasteiger partial charge on any atom is -0.355 e. The number of amides is 2. The van der Waals surface area contributed by atoms with E-state index in [4.69, 9.17) is 0 Å². The van der Waals surface area contributed by atoms with Gasteiger partial charge < -0.3 is 10.2 Å². The first-order valence-corrected chi connectivity index (χ1v) is 9.41. The van der Waals surface area contributed by atoms with E-state index in [0.29, 0.717) is 26.1 Å². The van der Waals surface area contributed by atoms with Crippen molar-refractivity contribution in [2.24, 2.45) is 5.92 Å². The molecule has 0 aliphatic carbocycles. The molecule has 0 bridgehead atoms. The van der Waals surface area contributed by atoms with Gasteiger partial charge in [0.2, 0.25) is 11.8 Å². The van der Waals surface area contributed by atoms with Gasteiger partial charge >= 0.3 is 0 Å². The first-order chi connectivity index (χ1) is 12.0. The highest BCUT2D eigenvalue weighted by Crippen LogP contribution is 2.20. The van der Waals surface area contributed by atoms with Crippen LogP contribution in [0.25, 0.3) is 0 Å². The lowest BCUT2D eigenvalue weighted by Crippen LogP contribution is -2.34. The van der Waals surface area contributed by atoms with Crippen LogP contribution in [0, 0.1) is 19.8 Å². The summed E-state index contributed by atoms with van der Waals surface area (Å²) in [5, 5.41) is 6.00. The van der Waals surface area contributed by atoms with Crippen molar-refractivity contribution in [3.8, 4) is 0 Å². The number of hydrogen-bond acceptors (Lipinski definition) is 4. The van der Waals surface area contributed by atoms with Crippen LogP contribution in [0.3, 0.4) is 0 Å². The Labute approximate surface area is 152 Å². The van der Waals surface area contributed by atoms with Gasteiger partial charge in [-0.3, -0.25) is 9.59 Å². The van der Waals surface area contributed by atoms with Crippen molar-refractivity contribution in [3.05, 3.63) is 51.5 Å². The second-order valence-electron chi connectivity index (χ2n) is 6.56. The van der Waals surface area contributed by atoms with Gasteiger partial charge in [-0.15, -0.1) is 11.3 Å². The molecule has 1 aromatic heterocycles. The number of carbonyl (C=O) groups excluding carboxylic acids is 2. The van der Waals surface area contributed by atoms with Crippen LogP contribution in [0.2, 0.25) is 0 Å². The van der Waals surface area contributed by atoms with Crippen molar-refractivity contribution < 1.29 is 9.59 Å². The lowest BCUT2D eigenvalue weighted by Gasteiger charge is -2.17. The molecule has 1 aliphatic rings. The third-order valence-electron chi connectivity index (χ3n) is 4.43. The van der Waals surface area contributed by atoms with Gasteiger partial charge in [0.1, 0.15) is 0 Å². The molecule has 3 rings (SSSR count). The monoisotopic (exact) mass is 357 g/mol. The van der Waals surface area contributed by atoms with Crippen molar-refractivity contribution in [2.45, 2.75) is 33.2 Å². The van der Waals surface area contributed by atoms with Crippen molar-refractivity contribution in [1.82, 2.24) is 15.2 Å². The summed E-state index contributed by atoms with van der Waals surface area (Å²) in [6, 6.07) is 8.15. The number of hydrogen-bond donors (Lipinski definition) is 1. The first-order valence-electron chi connectivity index (χ1n) is 8.53. The average Bonchev–Trinajstić information content (AvgIpc) is 3.16. The Kier molecular flexibility index (Phi) is 5.48. The fourth-order valence-electron chi connectivity index (χ4n) is 3.00. The topological polar surface area (TPSA) is 62.3 Å². The number of likely N-dealkylation sites (tertiary alicyclic amines) is 1. The molecule has 1 fully saturated rings. The van der Waals surface area contributed by atoms with Crippen LogP contribution in [0.15, 0.2) is 29.6 Å². The molecular formula is C19H23N3O2S. The van der Waals surface area contributed by atoms with Gasteiger partial charge in [-0.2, -0.15) is 0 Å². The van der Waals surface area contributed by atoms with Gasteiger partial charge in [0.15, 0.2) is 0 Å². The zero-order chi connectivity index (χ0) is 17.8. The van der Waals surface area contributed by atoms with Gasteiger partial charge in [-0.25, -0.2) is 4.98 Å². The number of carbonyl (C=O) groups is 2. The summed E-state index contributed by atoms with van der Waals surface area (Å²) in [6.07, 6.45) is 1.03. The van der Waals surface area contributed by atoms with Crippen LogP contribution in [-0.2, 0) is 22.6 Å². The molecule has 1 saturated heterocycles. The number of aryl methyl sites for hydroxylation is 2. The molecule has 1 atom stereocenters. The number of rotatable bonds is 6. The third-order valence-corrected chi connectivity index (χ3v) is 5.25. The van der Waals surface area contributed by atoms with Gasteiger partial charge in [0.05, 0.1) is 16.6 Å². The summed E-state index contributed by atoms with van der Waals surface area (Å²) < 4.78 is 0. The number of benzene rings is 1. The maximum atomic E-state index is 12.3. The molecule has 2 amide bonds. The highest BCUT2D eigenvalue weighted by atomic mass is 32.1. The van der Waals surface area contributed by atoms with E-state index in [1.54, 1.807) is 16.2 Å². The maximum Gasteiger partial charge on any atom is 0.225 e. The molecule has 2 aromatic rings. The van der Waals surface area contributed by atoms with E-state index in [2.05, 4.69) is 10.3 Å². The Morgan fingerprint density at radius 3 is 2.76 bits per heavy atom. The third kappa shape index (κ3) is 4.66. The zero-order valence-corrected chi connectivity index (χ0v) is 15.4. The normalized spacial score (nSPS) is 17.1. The summed E-state index contributed by atoms with van der Waals surface area (Å²) in [7, 11) is 0. The summed E-state index contributed by atoms with van der Waals surface area (Å²) in [6.45, 7) is 5.64. The van der Waals surface area contributed by atoms with Crippen LogP contribution in [0.4, 0.5) is 0 Å². The number of nitrogens with one attached hydrogen (secondary N) is 1. The molecule has 1 unspecified atom stereocenters. The Hall–Kier alpha value is -2.21. The predicted molar refractivity (Wildman–Crippen MR) is 98.3 cm³/mol. The highest BCUT2D eigenvalue weighted by molar-refractivity contribution is 7.09. The van der Waals surface area contributed by atoms with Crippen molar-refractivity contribution >= 4 is 23.2 Å². The molecule has 0 radical (unpaired) electrons. The molecule has 1 aliphatic heterocycles. The van der Waals surface area contributed by atoms with Crippen LogP contribution in [0.5, 0.6) is 0 Å². The smallest absolute Gasteiger partial charge is 0.225 e. The SMILES string of the molecule is Cc1ccc(CN2CC(C(=O)NCCc3csc(C)n3)CC2=O)cc1. The molecular weight excluding hydrogens is 334 g/mol. The molecule has 25 heavy (non-hydrogen) atoms. The lowest BCUT2D eigenvalue weighted by molar-refractivity contribution is -0.129. The maximum absolute atomic E-state index is 12.3. The molecule has 132 valence electrons. The zero-order valence-electron chi connectivity index (χ0n) is 14.6. The summed E-state index contributed by atoms with van der Waals surface area (Å²) in [4.78, 5) is 30.7. The Balaban J connectivity index is 1.47. The van der Waals surface area contributed by atoms with Crippen molar-refractivity contribution in [1.29, 1.82) is 0 Å². The fourth-order valence-corrected chi connectivity index (χ4v) is 3.64. The summed E-state index contributed by atoms with van der Waals surface area (Å²) >= 11 is 1.62. The molecule has 0 saturated carbocycles. The highest BCUT2D eigenvalue weighted by Gasteiger charge is 2.33. The second-order valence-corrected chi connectivity index (χ2v) is 7.62. The van der Waals surface area contributed by atoms with E-state index >= 15 is 0 Å². The second kappa shape index (κ2) is 7.78. The standard InChI is InChI=1S/C19H23N3O2S/c1-13-3-5-15(6-4-13)10-22-11-16(9-18(22)23)19(24)20-8-7-17-12-25-14(2)21-17/h3-6,12,16H,7-11H2,1-2H3,(H,20,24). The van der Waals surface area contributed by atoms with E-state index in [1.165, 1.54) is 5.56 Å². The molecule has 2 heterocycles. The Morgan fingerprint density at radius 2 is 2.08 bits per heavy atom. The van der Waals surface area contributed by atoms with Crippen LogP contribution in [0.1, 0.15) is 28.2 Å². The van der Waals surface area contributed by atoms with E-state index in [-0.39, 0.29) is 17.7 Å². The number of thiazole rings is 1. The van der Waals surface area contributed by atoms with Crippen LogP contribution >= 0.6 is 11.3 Å². The number of aromatic nitrogens is 1. The molecule has 1 aromatic carbocycles. The van der Waals surface area contributed by atoms with Crippen molar-refractivity contribution in [3.63, 3.8) is 0 Å². The van der Waals surface area contributed by atoms with Gasteiger partial charge in [-0.1, -0.05) is 29.8 Å². The van der Waals surface area contributed by atoms with Gasteiger partial charge in [-0.05, 0) is 19.4 Å². The Bertz CT molecular complexity index is 754. The average molecular weight is 357 g/mol. The predicted octanol–water partition coefficient (Wildman–Crippen LogP) is 2.47. The Morgan fingerprint density at radius 1 is 1.32 bits per heavy atom. The van der Waals surface area contributed by atoms with E-state index < -0.39 is 0 Å². The molecule has 6 heteroatoms. The summed E-state index contributed by atoms with van der Waals surface area (Å²) in [5.41, 5.74) is 3.30. The minimum atomic E-state index is -0.255.